The van der Waals surface area contributed by atoms with Crippen molar-refractivity contribution < 1.29 is 14.2 Å². The van der Waals surface area contributed by atoms with Crippen molar-refractivity contribution in [3.05, 3.63) is 59.7 Å². The highest BCUT2D eigenvalue weighted by molar-refractivity contribution is 5.96. The maximum Gasteiger partial charge on any atom is 0.216 e. The third-order valence-electron chi connectivity index (χ3n) is 4.10. The number of ether oxygens (including phenoxy) is 3. The minimum absolute atomic E-state index is 0.323. The predicted molar refractivity (Wildman–Crippen MR) is 107 cm³/mol. The molecule has 0 radical (unpaired) electrons. The van der Waals surface area contributed by atoms with Crippen LogP contribution in [0.25, 0.3) is 0 Å². The molecule has 1 heterocycles. The summed E-state index contributed by atoms with van der Waals surface area (Å²) in [5.41, 5.74) is 2.74. The van der Waals surface area contributed by atoms with E-state index >= 15 is 0 Å². The molecule has 0 spiro atoms. The van der Waals surface area contributed by atoms with Gasteiger partial charge in [-0.15, -0.1) is 0 Å². The molecule has 0 saturated carbocycles. The molecule has 142 valence electrons. The van der Waals surface area contributed by atoms with Gasteiger partial charge in [-0.05, 0) is 44.4 Å². The molecule has 0 aliphatic carbocycles. The smallest absolute Gasteiger partial charge is 0.216 e. The van der Waals surface area contributed by atoms with Crippen molar-refractivity contribution >= 4 is 17.5 Å². The molecule has 0 N–H and O–H groups in total. The zero-order valence-corrected chi connectivity index (χ0v) is 16.0. The number of aliphatic imine (C=N–C) groups is 2. The molecular weight excluding hydrogens is 342 g/mol. The van der Waals surface area contributed by atoms with Crippen LogP contribution in [-0.4, -0.2) is 57.6 Å². The number of methoxy groups -OCH3 is 1. The van der Waals surface area contributed by atoms with Gasteiger partial charge in [-0.25, -0.2) is 9.98 Å². The number of rotatable bonds is 5. The van der Waals surface area contributed by atoms with Gasteiger partial charge in [0.15, 0.2) is 0 Å². The highest BCUT2D eigenvalue weighted by atomic mass is 16.5. The lowest BCUT2D eigenvalue weighted by atomic mass is 10.2. The van der Waals surface area contributed by atoms with Gasteiger partial charge in [-0.2, -0.15) is 0 Å². The normalized spacial score (nSPS) is 17.9. The number of nitrogens with zero attached hydrogens (tertiary/aromatic N) is 3. The molecule has 1 aliphatic rings. The van der Waals surface area contributed by atoms with Crippen LogP contribution >= 0.6 is 0 Å². The Morgan fingerprint density at radius 2 is 1.85 bits per heavy atom. The average molecular weight is 367 g/mol. The number of benzene rings is 2. The Kier molecular flexibility index (Phi) is 6.44. The van der Waals surface area contributed by atoms with Crippen LogP contribution in [-0.2, 0) is 16.1 Å². The molecule has 0 fully saturated rings. The molecule has 6 heteroatoms. The molecule has 6 nitrogen and oxygen atoms in total. The lowest BCUT2D eigenvalue weighted by molar-refractivity contribution is 0.248. The van der Waals surface area contributed by atoms with Gasteiger partial charge in [0.05, 0.1) is 12.8 Å². The summed E-state index contributed by atoms with van der Waals surface area (Å²) in [6, 6.07) is 15.6. The van der Waals surface area contributed by atoms with Gasteiger partial charge < -0.3 is 19.1 Å². The lowest BCUT2D eigenvalue weighted by Gasteiger charge is -2.12. The van der Waals surface area contributed by atoms with Gasteiger partial charge in [-0.3, -0.25) is 0 Å². The average Bonchev–Trinajstić information content (AvgIpc) is 2.77. The number of fused-ring (bicyclic) bond motifs is 1. The molecule has 27 heavy (non-hydrogen) atoms. The van der Waals surface area contributed by atoms with E-state index in [2.05, 4.69) is 14.9 Å². The van der Waals surface area contributed by atoms with E-state index in [1.807, 2.05) is 62.6 Å². The minimum Gasteiger partial charge on any atom is -0.497 e. The molecule has 1 aliphatic heterocycles. The Balaban J connectivity index is 1.86. The highest BCUT2D eigenvalue weighted by Crippen LogP contribution is 2.22. The summed E-state index contributed by atoms with van der Waals surface area (Å²) in [5, 5.41) is 0. The summed E-state index contributed by atoms with van der Waals surface area (Å²) in [6.45, 7) is 2.09. The van der Waals surface area contributed by atoms with E-state index in [1.54, 1.807) is 7.11 Å². The summed E-state index contributed by atoms with van der Waals surface area (Å²) in [6.07, 6.45) is 0. The second-order valence-electron chi connectivity index (χ2n) is 6.42. The van der Waals surface area contributed by atoms with Crippen LogP contribution in [0.2, 0.25) is 0 Å². The quantitative estimate of drug-likeness (QED) is 0.814. The SMILES string of the molecule is COc1ccc(/C2=N/C/C(OCCN(C)C)=N\c3ccccc3CO2)cc1. The van der Waals surface area contributed by atoms with Crippen LogP contribution in [0.4, 0.5) is 5.69 Å². The molecular formula is C21H25N3O3. The van der Waals surface area contributed by atoms with Gasteiger partial charge in [0, 0.05) is 17.7 Å². The predicted octanol–water partition coefficient (Wildman–Crippen LogP) is 3.28. The van der Waals surface area contributed by atoms with Crippen LogP contribution in [0.1, 0.15) is 11.1 Å². The number of para-hydroxylation sites is 1. The topological polar surface area (TPSA) is 55.7 Å². The zero-order chi connectivity index (χ0) is 19.1. The van der Waals surface area contributed by atoms with E-state index in [4.69, 9.17) is 14.2 Å². The fraction of sp³-hybridized carbons (Fsp3) is 0.333. The Bertz CT molecular complexity index is 814. The molecule has 0 bridgehead atoms. The first kappa shape index (κ1) is 18.9. The largest absolute Gasteiger partial charge is 0.497 e. The van der Waals surface area contributed by atoms with Gasteiger partial charge >= 0.3 is 0 Å². The Morgan fingerprint density at radius 1 is 1.07 bits per heavy atom. The maximum atomic E-state index is 6.01. The Labute approximate surface area is 160 Å². The summed E-state index contributed by atoms with van der Waals surface area (Å²) in [7, 11) is 5.67. The van der Waals surface area contributed by atoms with E-state index in [1.165, 1.54) is 0 Å². The summed E-state index contributed by atoms with van der Waals surface area (Å²) in [4.78, 5) is 11.4. The van der Waals surface area contributed by atoms with E-state index in [0.29, 0.717) is 31.6 Å². The number of hydrogen-bond acceptors (Lipinski definition) is 6. The molecule has 0 atom stereocenters. The number of hydrogen-bond donors (Lipinski definition) is 0. The van der Waals surface area contributed by atoms with E-state index in [9.17, 15) is 0 Å². The van der Waals surface area contributed by atoms with Crippen LogP contribution < -0.4 is 4.74 Å². The minimum atomic E-state index is 0.323. The summed E-state index contributed by atoms with van der Waals surface area (Å²) >= 11 is 0. The molecule has 2 aromatic rings. The highest BCUT2D eigenvalue weighted by Gasteiger charge is 2.13. The van der Waals surface area contributed by atoms with E-state index in [0.717, 1.165) is 29.1 Å². The van der Waals surface area contributed by atoms with Crippen LogP contribution in [0, 0.1) is 0 Å². The second-order valence-corrected chi connectivity index (χ2v) is 6.42. The van der Waals surface area contributed by atoms with Crippen molar-refractivity contribution in [3.8, 4) is 5.75 Å². The molecule has 0 amide bonds. The van der Waals surface area contributed by atoms with Crippen molar-refractivity contribution in [1.29, 1.82) is 0 Å². The Hall–Kier alpha value is -2.86. The first-order valence-corrected chi connectivity index (χ1v) is 8.90. The van der Waals surface area contributed by atoms with Crippen molar-refractivity contribution in [2.24, 2.45) is 9.98 Å². The van der Waals surface area contributed by atoms with Gasteiger partial charge in [0.25, 0.3) is 0 Å². The van der Waals surface area contributed by atoms with E-state index in [-0.39, 0.29) is 0 Å². The maximum absolute atomic E-state index is 6.01. The zero-order valence-electron chi connectivity index (χ0n) is 16.0. The number of likely N-dealkylation sites (N-methyl/N-ethyl adjacent to an activating group) is 1. The van der Waals surface area contributed by atoms with Crippen molar-refractivity contribution in [1.82, 2.24) is 4.90 Å². The molecule has 3 rings (SSSR count). The van der Waals surface area contributed by atoms with Gasteiger partial charge in [0.1, 0.15) is 25.5 Å². The third-order valence-corrected chi connectivity index (χ3v) is 4.10. The van der Waals surface area contributed by atoms with Gasteiger partial charge in [-0.1, -0.05) is 18.2 Å². The fourth-order valence-electron chi connectivity index (χ4n) is 2.58. The molecule has 0 aromatic heterocycles. The summed E-state index contributed by atoms with van der Waals surface area (Å²) < 4.78 is 17.1. The summed E-state index contributed by atoms with van der Waals surface area (Å²) in [5.74, 6) is 1.95. The monoisotopic (exact) mass is 367 g/mol. The van der Waals surface area contributed by atoms with Gasteiger partial charge in [0.2, 0.25) is 11.8 Å². The van der Waals surface area contributed by atoms with Crippen LogP contribution in [0.3, 0.4) is 0 Å². The fourth-order valence-corrected chi connectivity index (χ4v) is 2.58. The van der Waals surface area contributed by atoms with Crippen molar-refractivity contribution in [2.45, 2.75) is 6.61 Å². The second kappa shape index (κ2) is 9.19. The molecule has 2 aromatic carbocycles. The van der Waals surface area contributed by atoms with E-state index < -0.39 is 0 Å². The standard InChI is InChI=1S/C21H25N3O3/c1-24(2)12-13-26-20-14-22-21(16-8-10-18(25-3)11-9-16)27-15-17-6-4-5-7-19(17)23-20/h4-11H,12-15H2,1-3H3/b22-21-,23-20+. The van der Waals surface area contributed by atoms with Crippen molar-refractivity contribution in [2.75, 3.05) is 40.9 Å². The first-order chi connectivity index (χ1) is 13.2. The third kappa shape index (κ3) is 5.31. The van der Waals surface area contributed by atoms with Crippen LogP contribution in [0.5, 0.6) is 5.75 Å². The molecule has 0 unspecified atom stereocenters. The molecule has 0 saturated heterocycles. The van der Waals surface area contributed by atoms with Crippen LogP contribution in [0.15, 0.2) is 58.5 Å². The first-order valence-electron chi connectivity index (χ1n) is 8.90. The lowest BCUT2D eigenvalue weighted by Crippen LogP contribution is -2.21. The van der Waals surface area contributed by atoms with Crippen molar-refractivity contribution in [3.63, 3.8) is 0 Å². The Morgan fingerprint density at radius 3 is 2.59 bits per heavy atom.